The molecule has 2 aromatic carbocycles. The molecule has 1 aliphatic rings. The van der Waals surface area contributed by atoms with E-state index in [1.54, 1.807) is 17.0 Å². The largest absolute Gasteiger partial charge is 0.497 e. The second-order valence-corrected chi connectivity index (χ2v) is 9.27. The number of ether oxygens (including phenoxy) is 3. The summed E-state index contributed by atoms with van der Waals surface area (Å²) in [6.07, 6.45) is 0. The molecule has 168 valence electrons. The molecule has 0 fully saturated rings. The molecule has 1 N–H and O–H groups in total. The van der Waals surface area contributed by atoms with Gasteiger partial charge in [0.05, 0.1) is 12.0 Å². The lowest BCUT2D eigenvalue weighted by molar-refractivity contribution is -0.134. The smallest absolute Gasteiger partial charge is 0.241 e. The standard InChI is InChI=1S/C22H28N2O6S/c1-5-24(13-16-6-11-19-20(12-16)30-14-29-19)22(25)21(15(2)3)23-31(26,27)18-9-7-17(28-4)8-10-18/h6-12,15,21,23H,5,13-14H2,1-4H3/t21-/m0/s1. The van der Waals surface area contributed by atoms with E-state index in [9.17, 15) is 13.2 Å². The van der Waals surface area contributed by atoms with E-state index in [0.717, 1.165) is 5.56 Å². The molecule has 0 saturated heterocycles. The van der Waals surface area contributed by atoms with Crippen LogP contribution in [-0.4, -0.2) is 45.7 Å². The number of nitrogens with one attached hydrogen (secondary N) is 1. The zero-order valence-electron chi connectivity index (χ0n) is 18.1. The minimum absolute atomic E-state index is 0.0746. The van der Waals surface area contributed by atoms with Crippen LogP contribution in [0.1, 0.15) is 26.3 Å². The molecule has 8 nitrogen and oxygen atoms in total. The normalized spacial score (nSPS) is 13.8. The highest BCUT2D eigenvalue weighted by Crippen LogP contribution is 2.33. The number of methoxy groups -OCH3 is 1. The molecule has 1 heterocycles. The average Bonchev–Trinajstić information content (AvgIpc) is 3.23. The predicted molar refractivity (Wildman–Crippen MR) is 116 cm³/mol. The maximum Gasteiger partial charge on any atom is 0.241 e. The van der Waals surface area contributed by atoms with E-state index in [0.29, 0.717) is 30.3 Å². The van der Waals surface area contributed by atoms with Gasteiger partial charge in [-0.25, -0.2) is 8.42 Å². The summed E-state index contributed by atoms with van der Waals surface area (Å²) in [6.45, 7) is 6.43. The molecule has 2 aromatic rings. The van der Waals surface area contributed by atoms with Crippen molar-refractivity contribution >= 4 is 15.9 Å². The predicted octanol–water partition coefficient (Wildman–Crippen LogP) is 2.78. The number of rotatable bonds is 9. The Morgan fingerprint density at radius 2 is 1.81 bits per heavy atom. The number of carbonyl (C=O) groups excluding carboxylic acids is 1. The molecule has 0 aromatic heterocycles. The summed E-state index contributed by atoms with van der Waals surface area (Å²) in [5.41, 5.74) is 0.875. The molecule has 0 bridgehead atoms. The maximum absolute atomic E-state index is 13.3. The number of sulfonamides is 1. The molecule has 1 amide bonds. The minimum Gasteiger partial charge on any atom is -0.497 e. The Morgan fingerprint density at radius 1 is 1.13 bits per heavy atom. The van der Waals surface area contributed by atoms with E-state index in [-0.39, 0.29) is 23.5 Å². The highest BCUT2D eigenvalue weighted by atomic mass is 32.2. The van der Waals surface area contributed by atoms with Gasteiger partial charge in [0.15, 0.2) is 11.5 Å². The molecule has 0 radical (unpaired) electrons. The van der Waals surface area contributed by atoms with E-state index in [1.165, 1.54) is 19.2 Å². The van der Waals surface area contributed by atoms with Gasteiger partial charge in [-0.15, -0.1) is 0 Å². The van der Waals surface area contributed by atoms with Gasteiger partial charge in [0, 0.05) is 13.1 Å². The van der Waals surface area contributed by atoms with Gasteiger partial charge in [-0.3, -0.25) is 4.79 Å². The van der Waals surface area contributed by atoms with Gasteiger partial charge in [-0.1, -0.05) is 19.9 Å². The van der Waals surface area contributed by atoms with Crippen LogP contribution in [0.25, 0.3) is 0 Å². The van der Waals surface area contributed by atoms with Crippen LogP contribution < -0.4 is 18.9 Å². The molecule has 0 spiro atoms. The van der Waals surface area contributed by atoms with Gasteiger partial charge >= 0.3 is 0 Å². The Kier molecular flexibility index (Phi) is 7.07. The summed E-state index contributed by atoms with van der Waals surface area (Å²) in [5, 5.41) is 0. The topological polar surface area (TPSA) is 94.2 Å². The van der Waals surface area contributed by atoms with Crippen LogP contribution in [0.2, 0.25) is 0 Å². The number of hydrogen-bond acceptors (Lipinski definition) is 6. The molecule has 1 aliphatic heterocycles. The van der Waals surface area contributed by atoms with Gasteiger partial charge in [-0.05, 0) is 54.8 Å². The second-order valence-electron chi connectivity index (χ2n) is 7.56. The molecule has 3 rings (SSSR count). The SMILES string of the molecule is CCN(Cc1ccc2c(c1)OCO2)C(=O)[C@@H](NS(=O)(=O)c1ccc(OC)cc1)C(C)C. The van der Waals surface area contributed by atoms with Crippen molar-refractivity contribution in [2.45, 2.75) is 38.3 Å². The zero-order valence-corrected chi connectivity index (χ0v) is 18.9. The Hall–Kier alpha value is -2.78. The molecule has 0 aliphatic carbocycles. The first kappa shape index (κ1) is 22.9. The van der Waals surface area contributed by atoms with Crippen LogP contribution in [0, 0.1) is 5.92 Å². The Labute approximate surface area is 183 Å². The maximum atomic E-state index is 13.3. The van der Waals surface area contributed by atoms with Gasteiger partial charge < -0.3 is 19.1 Å². The summed E-state index contributed by atoms with van der Waals surface area (Å²) in [7, 11) is -2.38. The van der Waals surface area contributed by atoms with Gasteiger partial charge in [-0.2, -0.15) is 4.72 Å². The second kappa shape index (κ2) is 9.57. The summed E-state index contributed by atoms with van der Waals surface area (Å²) >= 11 is 0. The Balaban J connectivity index is 1.77. The van der Waals surface area contributed by atoms with Crippen molar-refractivity contribution in [2.75, 3.05) is 20.4 Å². The molecule has 0 unspecified atom stereocenters. The zero-order chi connectivity index (χ0) is 22.6. The minimum atomic E-state index is -3.89. The van der Waals surface area contributed by atoms with Crippen LogP contribution in [0.5, 0.6) is 17.2 Å². The molecule has 31 heavy (non-hydrogen) atoms. The molecule has 0 saturated carbocycles. The van der Waals surface area contributed by atoms with Crippen molar-refractivity contribution in [3.05, 3.63) is 48.0 Å². The monoisotopic (exact) mass is 448 g/mol. The number of fused-ring (bicyclic) bond motifs is 1. The van der Waals surface area contributed by atoms with Crippen LogP contribution in [-0.2, 0) is 21.4 Å². The van der Waals surface area contributed by atoms with Crippen molar-refractivity contribution in [3.8, 4) is 17.2 Å². The lowest BCUT2D eigenvalue weighted by atomic mass is 10.0. The van der Waals surface area contributed by atoms with Crippen molar-refractivity contribution in [1.82, 2.24) is 9.62 Å². The highest BCUT2D eigenvalue weighted by Gasteiger charge is 2.31. The van der Waals surface area contributed by atoms with Crippen molar-refractivity contribution in [2.24, 2.45) is 5.92 Å². The quantitative estimate of drug-likeness (QED) is 0.634. The van der Waals surface area contributed by atoms with E-state index >= 15 is 0 Å². The number of amides is 1. The fourth-order valence-corrected chi connectivity index (χ4v) is 4.60. The lowest BCUT2D eigenvalue weighted by Crippen LogP contribution is -2.50. The molecule has 9 heteroatoms. The van der Waals surface area contributed by atoms with Crippen molar-refractivity contribution < 1.29 is 27.4 Å². The number of likely N-dealkylation sites (N-methyl/N-ethyl adjacent to an activating group) is 1. The number of carbonyl (C=O) groups is 1. The number of benzene rings is 2. The first-order valence-corrected chi connectivity index (χ1v) is 11.6. The summed E-state index contributed by atoms with van der Waals surface area (Å²) in [4.78, 5) is 15.0. The van der Waals surface area contributed by atoms with E-state index in [4.69, 9.17) is 14.2 Å². The Bertz CT molecular complexity index is 1020. The number of nitrogens with zero attached hydrogens (tertiary/aromatic N) is 1. The van der Waals surface area contributed by atoms with Crippen molar-refractivity contribution in [1.29, 1.82) is 0 Å². The van der Waals surface area contributed by atoms with Gasteiger partial charge in [0.2, 0.25) is 22.7 Å². The fourth-order valence-electron chi connectivity index (χ4n) is 3.26. The van der Waals surface area contributed by atoms with Crippen molar-refractivity contribution in [3.63, 3.8) is 0 Å². The number of hydrogen-bond donors (Lipinski definition) is 1. The van der Waals surface area contributed by atoms with Crippen LogP contribution in [0.15, 0.2) is 47.4 Å². The van der Waals surface area contributed by atoms with Gasteiger partial charge in [0.1, 0.15) is 11.8 Å². The lowest BCUT2D eigenvalue weighted by Gasteiger charge is -2.29. The van der Waals surface area contributed by atoms with Gasteiger partial charge in [0.25, 0.3) is 0 Å². The summed E-state index contributed by atoms with van der Waals surface area (Å²) in [6, 6.07) is 10.7. The van der Waals surface area contributed by atoms with Crippen LogP contribution >= 0.6 is 0 Å². The van der Waals surface area contributed by atoms with E-state index in [1.807, 2.05) is 39.0 Å². The molecular formula is C22H28N2O6S. The Morgan fingerprint density at radius 3 is 2.42 bits per heavy atom. The third-order valence-corrected chi connectivity index (χ3v) is 6.55. The molecule has 1 atom stereocenters. The third kappa shape index (κ3) is 5.29. The first-order valence-electron chi connectivity index (χ1n) is 10.1. The summed E-state index contributed by atoms with van der Waals surface area (Å²) in [5.74, 6) is 1.34. The average molecular weight is 449 g/mol. The summed E-state index contributed by atoms with van der Waals surface area (Å²) < 4.78 is 44.2. The third-order valence-electron chi connectivity index (χ3n) is 5.09. The molecular weight excluding hydrogens is 420 g/mol. The van der Waals surface area contributed by atoms with Crippen LogP contribution in [0.3, 0.4) is 0 Å². The highest BCUT2D eigenvalue weighted by molar-refractivity contribution is 7.89. The van der Waals surface area contributed by atoms with E-state index in [2.05, 4.69) is 4.72 Å². The van der Waals surface area contributed by atoms with Crippen LogP contribution in [0.4, 0.5) is 0 Å². The van der Waals surface area contributed by atoms with E-state index < -0.39 is 16.1 Å². The fraction of sp³-hybridized carbons (Fsp3) is 0.409. The first-order chi connectivity index (χ1) is 14.7.